The highest BCUT2D eigenvalue weighted by molar-refractivity contribution is 8.76. The lowest BCUT2D eigenvalue weighted by Crippen LogP contribution is -2.53. The SMILES string of the molecule is C=C1C2=C(C=C3c4nc5ccccc5cc4CN13)[C@](CC)(OC(=O)OCCSSC[C@H](CC(=O)[C@H](CC(=O)O)NC(=O)[C@@H](N)CNC(=O)[C@@H](CC(=O)[C@H](Cc1ccccc1)NC(=O)CCCCCCNC(=O)CC[C@H](NC(=S)N[C@@H](CCC(=O)O)OC=O)C(=O)O)Cc1ccccc1)C(=O)O)C(=O)OC2. The summed E-state index contributed by atoms with van der Waals surface area (Å²) in [7, 11) is 2.11. The van der Waals surface area contributed by atoms with E-state index < -0.39 is 138 Å². The number of Topliss-reactive ketones (excluding diaryl/α,β-unsaturated/α-hetero) is 2. The molecular formula is C72H85N9O21S3. The van der Waals surface area contributed by atoms with Gasteiger partial charge in [0.1, 0.15) is 25.3 Å². The van der Waals surface area contributed by atoms with E-state index in [1.54, 1.807) is 73.7 Å². The molecule has 0 bridgehead atoms. The summed E-state index contributed by atoms with van der Waals surface area (Å²) in [5.41, 5.74) is 10.4. The van der Waals surface area contributed by atoms with Crippen LogP contribution in [0.5, 0.6) is 0 Å². The molecule has 0 aliphatic carbocycles. The Morgan fingerprint density at radius 3 is 2.09 bits per heavy atom. The fourth-order valence-electron chi connectivity index (χ4n) is 11.8. The van der Waals surface area contributed by atoms with Crippen molar-refractivity contribution in [1.82, 2.24) is 41.8 Å². The van der Waals surface area contributed by atoms with E-state index >= 15 is 0 Å². The molecule has 0 spiro atoms. The number of nitrogens with two attached hydrogens (primary N) is 1. The average Bonchev–Trinajstić information content (AvgIpc) is 1.68. The van der Waals surface area contributed by atoms with Crippen molar-refractivity contribution in [3.63, 3.8) is 0 Å². The van der Waals surface area contributed by atoms with Gasteiger partial charge >= 0.3 is 36.0 Å². The number of rotatable bonds is 45. The van der Waals surface area contributed by atoms with Gasteiger partial charge in [-0.15, -0.1) is 0 Å². The Morgan fingerprint density at radius 2 is 1.41 bits per heavy atom. The molecule has 30 nitrogen and oxygen atoms in total. The summed E-state index contributed by atoms with van der Waals surface area (Å²) >= 11 is 5.10. The van der Waals surface area contributed by atoms with Gasteiger partial charge in [-0.1, -0.05) is 127 Å². The summed E-state index contributed by atoms with van der Waals surface area (Å²) in [6.07, 6.45) is -1.20. The Kier molecular flexibility index (Phi) is 31.8. The van der Waals surface area contributed by atoms with E-state index in [1.807, 2.05) is 29.2 Å². The number of cyclic esters (lactones) is 1. The monoisotopic (exact) mass is 1510 g/mol. The van der Waals surface area contributed by atoms with Crippen LogP contribution in [0.4, 0.5) is 4.79 Å². The maximum absolute atomic E-state index is 14.4. The van der Waals surface area contributed by atoms with Gasteiger partial charge in [0.15, 0.2) is 22.9 Å². The van der Waals surface area contributed by atoms with Crippen molar-refractivity contribution >= 4 is 133 Å². The van der Waals surface area contributed by atoms with Gasteiger partial charge in [0, 0.05) is 90.4 Å². The van der Waals surface area contributed by atoms with E-state index in [0.717, 1.165) is 43.6 Å². The number of nitrogens with one attached hydrogen (secondary N) is 6. The number of esters is 1. The van der Waals surface area contributed by atoms with E-state index in [0.29, 0.717) is 66.0 Å². The number of ketones is 2. The first kappa shape index (κ1) is 82.0. The van der Waals surface area contributed by atoms with Gasteiger partial charge < -0.3 is 81.9 Å². The quantitative estimate of drug-likeness (QED) is 0.00516. The number of nitrogens with zero attached hydrogens (tertiary/aromatic N) is 2. The molecule has 3 aromatic carbocycles. The van der Waals surface area contributed by atoms with Crippen molar-refractivity contribution in [3.05, 3.63) is 143 Å². The maximum Gasteiger partial charge on any atom is 0.509 e. The van der Waals surface area contributed by atoms with Gasteiger partial charge in [-0.3, -0.25) is 47.9 Å². The van der Waals surface area contributed by atoms with E-state index in [-0.39, 0.29) is 101 Å². The number of hydrogen-bond acceptors (Lipinski definition) is 23. The number of benzene rings is 3. The third-order valence-electron chi connectivity index (χ3n) is 17.5. The molecular weight excluding hydrogens is 1420 g/mol. The van der Waals surface area contributed by atoms with Crippen molar-refractivity contribution in [2.75, 3.05) is 37.8 Å². The number of carbonyl (C=O) groups excluding carboxylic acids is 9. The largest absolute Gasteiger partial charge is 0.509 e. The van der Waals surface area contributed by atoms with E-state index in [9.17, 15) is 77.6 Å². The zero-order valence-corrected chi connectivity index (χ0v) is 60.0. The van der Waals surface area contributed by atoms with Crippen LogP contribution in [0, 0.1) is 11.8 Å². The minimum atomic E-state index is -1.88. The highest BCUT2D eigenvalue weighted by Gasteiger charge is 2.53. The predicted octanol–water partition coefficient (Wildman–Crippen LogP) is 5.19. The lowest BCUT2D eigenvalue weighted by atomic mass is 9.82. The number of hydrogen-bond donors (Lipinski definition) is 11. The fraction of sp³-hybridized carbons (Fsp3) is 0.431. The smallest absolute Gasteiger partial charge is 0.481 e. The predicted molar refractivity (Wildman–Crippen MR) is 387 cm³/mol. The molecule has 4 heterocycles. The Morgan fingerprint density at radius 1 is 0.733 bits per heavy atom. The van der Waals surface area contributed by atoms with E-state index in [4.69, 9.17) is 47.0 Å². The van der Waals surface area contributed by atoms with Gasteiger partial charge in [0.2, 0.25) is 29.2 Å². The number of thiocarbonyl (C=S) groups is 1. The summed E-state index contributed by atoms with van der Waals surface area (Å²) in [5, 5.41) is 54.7. The van der Waals surface area contributed by atoms with Crippen LogP contribution in [0.2, 0.25) is 0 Å². The van der Waals surface area contributed by atoms with Crippen LogP contribution in [0.15, 0.2) is 120 Å². The van der Waals surface area contributed by atoms with Crippen LogP contribution >= 0.6 is 33.8 Å². The van der Waals surface area contributed by atoms with E-state index in [2.05, 4.69) is 44.5 Å². The minimum absolute atomic E-state index is 0.0121. The van der Waals surface area contributed by atoms with Crippen LogP contribution in [0.1, 0.15) is 113 Å². The molecule has 4 amide bonds. The van der Waals surface area contributed by atoms with Crippen molar-refractivity contribution in [3.8, 4) is 0 Å². The van der Waals surface area contributed by atoms with Gasteiger partial charge in [-0.05, 0) is 80.1 Å². The zero-order chi connectivity index (χ0) is 76.2. The number of carboxylic acid groups (broad SMARTS) is 4. The number of amides is 4. The number of fused-ring (bicyclic) bond motifs is 4. The number of ether oxygens (including phenoxy) is 4. The Bertz CT molecular complexity index is 3940. The van der Waals surface area contributed by atoms with Gasteiger partial charge in [0.25, 0.3) is 6.47 Å². The lowest BCUT2D eigenvalue weighted by molar-refractivity contribution is -0.165. The van der Waals surface area contributed by atoms with Gasteiger partial charge in [-0.25, -0.2) is 19.4 Å². The number of carboxylic acids is 4. The molecule has 1 aromatic heterocycles. The molecule has 105 heavy (non-hydrogen) atoms. The minimum Gasteiger partial charge on any atom is -0.481 e. The topological polar surface area (TPSA) is 454 Å². The molecule has 3 aliphatic rings. The van der Waals surface area contributed by atoms with Crippen LogP contribution in [0.3, 0.4) is 0 Å². The number of pyridine rings is 1. The third-order valence-corrected chi connectivity index (χ3v) is 20.1. The Hall–Kier alpha value is -10.3. The van der Waals surface area contributed by atoms with Crippen LogP contribution in [-0.4, -0.2) is 187 Å². The second-order valence-corrected chi connectivity index (χ2v) is 28.0. The molecule has 0 radical (unpaired) electrons. The molecule has 4 aromatic rings. The second-order valence-electron chi connectivity index (χ2n) is 25.0. The third kappa shape index (κ3) is 24.7. The lowest BCUT2D eigenvalue weighted by Gasteiger charge is -2.40. The normalized spacial score (nSPS) is 16.2. The molecule has 33 heteroatoms. The number of unbranched alkanes of at least 4 members (excludes halogenated alkanes) is 3. The highest BCUT2D eigenvalue weighted by Crippen LogP contribution is 2.48. The van der Waals surface area contributed by atoms with Crippen molar-refractivity contribution in [1.29, 1.82) is 0 Å². The first-order chi connectivity index (χ1) is 50.3. The fourth-order valence-corrected chi connectivity index (χ4v) is 14.2. The second kappa shape index (κ2) is 40.7. The summed E-state index contributed by atoms with van der Waals surface area (Å²) in [6.45, 7) is 5.90. The van der Waals surface area contributed by atoms with Crippen LogP contribution in [-0.2, 0) is 95.9 Å². The summed E-state index contributed by atoms with van der Waals surface area (Å²) in [5.74, 6) is -12.7. The summed E-state index contributed by atoms with van der Waals surface area (Å²) in [6, 6.07) is 21.6. The van der Waals surface area contributed by atoms with Gasteiger partial charge in [0.05, 0.1) is 54.3 Å². The van der Waals surface area contributed by atoms with Crippen LogP contribution in [0.25, 0.3) is 16.6 Å². The molecule has 8 atom stereocenters. The molecule has 0 fully saturated rings. The zero-order valence-electron chi connectivity index (χ0n) is 57.5. The summed E-state index contributed by atoms with van der Waals surface area (Å²) in [4.78, 5) is 174. The van der Waals surface area contributed by atoms with Crippen molar-refractivity contribution in [2.24, 2.45) is 17.6 Å². The standard InChI is InChI=1S/C72H85N9O21S3/c1-3-72(50-35-56-64-47(32-45-20-13-14-21-52(45)77-64)38-81(56)42(2)49(50)39-100-69(72)97)102-71(98)99-28-29-104-105-40-48(67(93)94)34-58(84)55(36-63(89)90)78-66(92)51(73)37-75-65(91)46(30-43-16-8-6-9-17-43)33-57(83)54(31-44-18-10-7-11-19-44)76-60(86)22-12-4-5-15-27-74-59(85)24-23-53(68(95)96)79-70(103)80-61(101-41-82)25-26-62(87)88/h6-11,13-14,16-21,32,35,41,46,48,51,53-55,61H,2-5,12,15,22-31,33-34,36-40,73H2,1H3,(H,74,85)(H,75,91)(H,76,86)(H,78,92)(H,87,88)(H,89,90)(H,93,94)(H,95,96)(H2,79,80,103)/t46-,48+,51+,53+,54+,55+,61-,72+/m1/s1. The Labute approximate surface area is 617 Å². The van der Waals surface area contributed by atoms with Crippen LogP contribution < -0.4 is 37.6 Å². The average molecular weight is 1510 g/mol. The molecule has 0 unspecified atom stereocenters. The number of aliphatic carboxylic acids is 4. The first-order valence-electron chi connectivity index (χ1n) is 34.0. The maximum atomic E-state index is 14.4. The Balaban J connectivity index is 0.851. The number of para-hydroxylation sites is 1. The summed E-state index contributed by atoms with van der Waals surface area (Å²) < 4.78 is 21.5. The molecule has 3 aliphatic heterocycles. The molecule has 0 saturated carbocycles. The van der Waals surface area contributed by atoms with Crippen molar-refractivity contribution in [2.45, 2.75) is 146 Å². The number of aromatic nitrogens is 1. The van der Waals surface area contributed by atoms with E-state index in [1.165, 1.54) is 0 Å². The van der Waals surface area contributed by atoms with Gasteiger partial charge in [-0.2, -0.15) is 0 Å². The molecule has 0 saturated heterocycles. The molecule has 562 valence electrons. The highest BCUT2D eigenvalue weighted by atomic mass is 33.1. The molecule has 7 rings (SSSR count). The van der Waals surface area contributed by atoms with Crippen molar-refractivity contribution < 1.29 is 102 Å². The first-order valence-corrected chi connectivity index (χ1v) is 36.9. The molecule has 12 N–H and O–H groups in total. The number of carbonyl (C=O) groups is 13.